The van der Waals surface area contributed by atoms with Crippen molar-refractivity contribution in [3.05, 3.63) is 53.5 Å². The molecule has 1 N–H and O–H groups in total. The van der Waals surface area contributed by atoms with Crippen LogP contribution in [0, 0.1) is 13.8 Å². The quantitative estimate of drug-likeness (QED) is 0.908. The number of hydrogen-bond donors (Lipinski definition) is 1. The van der Waals surface area contributed by atoms with Crippen LogP contribution in [0.4, 0.5) is 4.79 Å². The van der Waals surface area contributed by atoms with Gasteiger partial charge in [-0.1, -0.05) is 30.3 Å². The molecule has 1 fully saturated rings. The molecule has 0 spiro atoms. The molecule has 0 saturated carbocycles. The first-order chi connectivity index (χ1) is 12.1. The minimum absolute atomic E-state index is 0.0198. The van der Waals surface area contributed by atoms with Gasteiger partial charge in [0.1, 0.15) is 11.9 Å². The second-order valence-corrected chi connectivity index (χ2v) is 6.34. The van der Waals surface area contributed by atoms with E-state index in [-0.39, 0.29) is 12.1 Å². The number of likely N-dealkylation sites (tertiary alicyclic amines) is 1. The van der Waals surface area contributed by atoms with Crippen molar-refractivity contribution in [3.8, 4) is 5.88 Å². The van der Waals surface area contributed by atoms with Crippen molar-refractivity contribution in [2.45, 2.75) is 32.8 Å². The van der Waals surface area contributed by atoms with Crippen molar-refractivity contribution in [1.82, 2.24) is 20.2 Å². The molecule has 25 heavy (non-hydrogen) atoms. The molecule has 1 aliphatic heterocycles. The van der Waals surface area contributed by atoms with Crippen molar-refractivity contribution < 1.29 is 9.53 Å². The normalized spacial score (nSPS) is 16.7. The van der Waals surface area contributed by atoms with Crippen LogP contribution < -0.4 is 10.1 Å². The lowest BCUT2D eigenvalue weighted by atomic mass is 10.1. The van der Waals surface area contributed by atoms with Crippen molar-refractivity contribution in [2.75, 3.05) is 19.6 Å². The highest BCUT2D eigenvalue weighted by Gasteiger charge is 2.27. The Morgan fingerprint density at radius 2 is 2.08 bits per heavy atom. The number of nitrogens with zero attached hydrogens (tertiary/aromatic N) is 3. The molecule has 1 aromatic heterocycles. The summed E-state index contributed by atoms with van der Waals surface area (Å²) in [6.45, 7) is 5.68. The van der Waals surface area contributed by atoms with Crippen LogP contribution >= 0.6 is 0 Å². The maximum absolute atomic E-state index is 12.3. The van der Waals surface area contributed by atoms with Crippen LogP contribution in [0.1, 0.15) is 23.5 Å². The monoisotopic (exact) mass is 340 g/mol. The SMILES string of the molecule is Cc1cc(O[C@H]2CCN(C(=O)NCCc3ccccc3)C2)nc(C)n1. The van der Waals surface area contributed by atoms with Crippen LogP contribution in [0.3, 0.4) is 0 Å². The van der Waals surface area contributed by atoms with E-state index in [1.165, 1.54) is 5.56 Å². The number of rotatable bonds is 5. The highest BCUT2D eigenvalue weighted by Crippen LogP contribution is 2.17. The molecule has 1 aliphatic rings. The molecular formula is C19H24N4O2. The Morgan fingerprint density at radius 1 is 1.28 bits per heavy atom. The third-order valence-corrected chi connectivity index (χ3v) is 4.19. The van der Waals surface area contributed by atoms with Crippen LogP contribution in [-0.2, 0) is 6.42 Å². The van der Waals surface area contributed by atoms with E-state index in [1.54, 1.807) is 4.90 Å². The Morgan fingerprint density at radius 3 is 2.84 bits per heavy atom. The molecule has 1 saturated heterocycles. The Labute approximate surface area is 148 Å². The zero-order valence-corrected chi connectivity index (χ0v) is 14.7. The number of aryl methyl sites for hydroxylation is 2. The number of aromatic nitrogens is 2. The number of hydrogen-bond acceptors (Lipinski definition) is 4. The van der Waals surface area contributed by atoms with Gasteiger partial charge in [-0.25, -0.2) is 9.78 Å². The van der Waals surface area contributed by atoms with Gasteiger partial charge in [-0.2, -0.15) is 4.98 Å². The highest BCUT2D eigenvalue weighted by molar-refractivity contribution is 5.74. The van der Waals surface area contributed by atoms with Gasteiger partial charge in [0.15, 0.2) is 0 Å². The first-order valence-corrected chi connectivity index (χ1v) is 8.66. The molecule has 0 unspecified atom stereocenters. The number of carbonyl (C=O) groups excluding carboxylic acids is 1. The molecule has 6 nitrogen and oxygen atoms in total. The zero-order chi connectivity index (χ0) is 17.6. The summed E-state index contributed by atoms with van der Waals surface area (Å²) in [6, 6.07) is 11.9. The van der Waals surface area contributed by atoms with Gasteiger partial charge in [0.05, 0.1) is 6.54 Å². The standard InChI is InChI=1S/C19H24N4O2/c1-14-12-18(22-15(2)21-14)25-17-9-11-23(13-17)19(24)20-10-8-16-6-4-3-5-7-16/h3-7,12,17H,8-11,13H2,1-2H3,(H,20,24)/t17-/m0/s1. The van der Waals surface area contributed by atoms with Crippen molar-refractivity contribution >= 4 is 6.03 Å². The fourth-order valence-corrected chi connectivity index (χ4v) is 2.99. The predicted octanol–water partition coefficient (Wildman–Crippen LogP) is 2.50. The summed E-state index contributed by atoms with van der Waals surface area (Å²) >= 11 is 0. The minimum atomic E-state index is -0.0305. The van der Waals surface area contributed by atoms with Gasteiger partial charge in [0, 0.05) is 31.3 Å². The second kappa shape index (κ2) is 7.96. The van der Waals surface area contributed by atoms with Gasteiger partial charge >= 0.3 is 6.03 Å². The summed E-state index contributed by atoms with van der Waals surface area (Å²) in [5, 5.41) is 2.98. The highest BCUT2D eigenvalue weighted by atomic mass is 16.5. The van der Waals surface area contributed by atoms with Gasteiger partial charge in [-0.05, 0) is 25.8 Å². The van der Waals surface area contributed by atoms with Gasteiger partial charge in [-0.15, -0.1) is 0 Å². The molecular weight excluding hydrogens is 316 g/mol. The maximum atomic E-state index is 12.3. The van der Waals surface area contributed by atoms with Crippen molar-refractivity contribution in [3.63, 3.8) is 0 Å². The molecule has 132 valence electrons. The van der Waals surface area contributed by atoms with Crippen LogP contribution in [0.25, 0.3) is 0 Å². The Balaban J connectivity index is 1.44. The molecule has 1 atom stereocenters. The average Bonchev–Trinajstić information content (AvgIpc) is 3.03. The summed E-state index contributed by atoms with van der Waals surface area (Å²) in [7, 11) is 0. The van der Waals surface area contributed by atoms with Crippen molar-refractivity contribution in [1.29, 1.82) is 0 Å². The molecule has 3 rings (SSSR count). The number of nitrogens with one attached hydrogen (secondary N) is 1. The largest absolute Gasteiger partial charge is 0.472 e. The molecule has 6 heteroatoms. The first-order valence-electron chi connectivity index (χ1n) is 8.66. The summed E-state index contributed by atoms with van der Waals surface area (Å²) < 4.78 is 5.92. The molecule has 2 aromatic rings. The second-order valence-electron chi connectivity index (χ2n) is 6.34. The van der Waals surface area contributed by atoms with E-state index in [0.717, 1.165) is 18.5 Å². The molecule has 2 amide bonds. The van der Waals surface area contributed by atoms with E-state index in [9.17, 15) is 4.79 Å². The summed E-state index contributed by atoms with van der Waals surface area (Å²) in [4.78, 5) is 22.6. The Bertz CT molecular complexity index is 700. The number of amides is 2. The zero-order valence-electron chi connectivity index (χ0n) is 14.7. The topological polar surface area (TPSA) is 67.3 Å². The maximum Gasteiger partial charge on any atom is 0.317 e. The van der Waals surface area contributed by atoms with E-state index in [1.807, 2.05) is 38.1 Å². The molecule has 0 aliphatic carbocycles. The van der Waals surface area contributed by atoms with Gasteiger partial charge in [-0.3, -0.25) is 0 Å². The smallest absolute Gasteiger partial charge is 0.317 e. The lowest BCUT2D eigenvalue weighted by Gasteiger charge is -2.18. The van der Waals surface area contributed by atoms with Gasteiger partial charge < -0.3 is 15.0 Å². The van der Waals surface area contributed by atoms with E-state index in [2.05, 4.69) is 27.4 Å². The summed E-state index contributed by atoms with van der Waals surface area (Å²) in [5.41, 5.74) is 2.11. The van der Waals surface area contributed by atoms with Crippen LogP contribution in [-0.4, -0.2) is 46.6 Å². The third-order valence-electron chi connectivity index (χ3n) is 4.19. The van der Waals surface area contributed by atoms with Gasteiger partial charge in [0.2, 0.25) is 5.88 Å². The lowest BCUT2D eigenvalue weighted by Crippen LogP contribution is -2.40. The summed E-state index contributed by atoms with van der Waals surface area (Å²) in [5.74, 6) is 1.28. The van der Waals surface area contributed by atoms with E-state index < -0.39 is 0 Å². The number of benzene rings is 1. The fourth-order valence-electron chi connectivity index (χ4n) is 2.99. The number of urea groups is 1. The van der Waals surface area contributed by atoms with Crippen LogP contribution in [0.2, 0.25) is 0 Å². The van der Waals surface area contributed by atoms with Crippen molar-refractivity contribution in [2.24, 2.45) is 0 Å². The van der Waals surface area contributed by atoms with Crippen LogP contribution in [0.15, 0.2) is 36.4 Å². The van der Waals surface area contributed by atoms with E-state index in [0.29, 0.717) is 31.3 Å². The van der Waals surface area contributed by atoms with Crippen LogP contribution in [0.5, 0.6) is 5.88 Å². The first kappa shape index (κ1) is 17.2. The van der Waals surface area contributed by atoms with E-state index >= 15 is 0 Å². The molecule has 2 heterocycles. The van der Waals surface area contributed by atoms with Gasteiger partial charge in [0.25, 0.3) is 0 Å². The minimum Gasteiger partial charge on any atom is -0.472 e. The average molecular weight is 340 g/mol. The third kappa shape index (κ3) is 4.92. The number of carbonyl (C=O) groups is 1. The lowest BCUT2D eigenvalue weighted by molar-refractivity contribution is 0.183. The molecule has 1 aromatic carbocycles. The Kier molecular flexibility index (Phi) is 5.48. The van der Waals surface area contributed by atoms with E-state index in [4.69, 9.17) is 4.74 Å². The predicted molar refractivity (Wildman–Crippen MR) is 95.7 cm³/mol. The molecule has 0 radical (unpaired) electrons. The summed E-state index contributed by atoms with van der Waals surface area (Å²) in [6.07, 6.45) is 1.63. The fraction of sp³-hybridized carbons (Fsp3) is 0.421. The molecule has 0 bridgehead atoms. The number of ether oxygens (including phenoxy) is 1. The Hall–Kier alpha value is -2.63.